The summed E-state index contributed by atoms with van der Waals surface area (Å²) >= 11 is 6.92. The Balaban J connectivity index is 1.87. The number of unbranched alkanes of at least 4 members (excludes halogenated alkanes) is 1. The lowest BCUT2D eigenvalue weighted by atomic mass is 10.0. The molecule has 2 fully saturated rings. The predicted molar refractivity (Wildman–Crippen MR) is 157 cm³/mol. The van der Waals surface area contributed by atoms with Crippen molar-refractivity contribution < 1.29 is 9.53 Å². The number of ether oxygens (including phenoxy) is 1. The Labute approximate surface area is 234 Å². The average Bonchev–Trinajstić information content (AvgIpc) is 3.16. The molecule has 0 bridgehead atoms. The van der Waals surface area contributed by atoms with Crippen LogP contribution >= 0.6 is 24.0 Å². The Morgan fingerprint density at radius 1 is 1.21 bits per heavy atom. The van der Waals surface area contributed by atoms with Gasteiger partial charge < -0.3 is 9.64 Å². The maximum atomic E-state index is 13.7. The number of morpholine rings is 1. The van der Waals surface area contributed by atoms with Crippen LogP contribution in [0.3, 0.4) is 0 Å². The molecule has 7 nitrogen and oxygen atoms in total. The number of rotatable bonds is 7. The molecule has 1 aromatic carbocycles. The molecule has 0 aliphatic carbocycles. The second kappa shape index (κ2) is 11.9. The summed E-state index contributed by atoms with van der Waals surface area (Å²) in [4.78, 5) is 31.5. The van der Waals surface area contributed by atoms with Gasteiger partial charge in [-0.25, -0.2) is 0 Å². The van der Waals surface area contributed by atoms with E-state index in [1.165, 1.54) is 11.8 Å². The van der Waals surface area contributed by atoms with Gasteiger partial charge in [0.2, 0.25) is 0 Å². The lowest BCUT2D eigenvalue weighted by molar-refractivity contribution is -0.123. The number of thioether (sulfide) groups is 1. The van der Waals surface area contributed by atoms with Gasteiger partial charge in [-0.15, -0.1) is 0 Å². The van der Waals surface area contributed by atoms with E-state index in [1.807, 2.05) is 57.2 Å². The van der Waals surface area contributed by atoms with Crippen LogP contribution in [0.1, 0.15) is 68.8 Å². The highest BCUT2D eigenvalue weighted by Gasteiger charge is 2.37. The summed E-state index contributed by atoms with van der Waals surface area (Å²) in [5.74, 6) is 0.568. The highest BCUT2D eigenvalue weighted by atomic mass is 32.2. The van der Waals surface area contributed by atoms with Crippen LogP contribution in [0, 0.1) is 18.3 Å². The molecule has 2 aliphatic rings. The number of anilines is 1. The highest BCUT2D eigenvalue weighted by molar-refractivity contribution is 8.26. The number of hydrogen-bond acceptors (Lipinski definition) is 7. The summed E-state index contributed by atoms with van der Waals surface area (Å²) in [5.41, 5.74) is 2.11. The first kappa shape index (κ1) is 28.1. The van der Waals surface area contributed by atoms with Crippen molar-refractivity contribution in [1.29, 1.82) is 5.26 Å². The minimum Gasteiger partial charge on any atom is -0.372 e. The van der Waals surface area contributed by atoms with Crippen LogP contribution in [0.25, 0.3) is 6.08 Å². The number of aromatic nitrogens is 1. The van der Waals surface area contributed by atoms with Gasteiger partial charge in [-0.3, -0.25) is 19.1 Å². The number of benzene rings is 1. The summed E-state index contributed by atoms with van der Waals surface area (Å²) in [6.07, 6.45) is 3.48. The maximum Gasteiger partial charge on any atom is 0.270 e. The van der Waals surface area contributed by atoms with E-state index in [2.05, 4.69) is 17.9 Å². The van der Waals surface area contributed by atoms with Crippen molar-refractivity contribution >= 4 is 46.1 Å². The quantitative estimate of drug-likeness (QED) is 0.337. The standard InChI is InChI=1S/C29H34N4O3S2/c1-6-7-13-32-26(31-16-18(2)36-19(3)17-31)23(20(4)24(15-30)27(32)34)14-25-28(35)33(29(37)38-25)21(5)22-11-9-8-10-12-22/h8-12,14,18-19,21H,6-7,13,16-17H2,1-5H3. The third-order valence-corrected chi connectivity index (χ3v) is 8.40. The monoisotopic (exact) mass is 550 g/mol. The second-order valence-electron chi connectivity index (χ2n) is 9.96. The Hall–Kier alpha value is -2.93. The molecule has 3 unspecified atom stereocenters. The molecule has 200 valence electrons. The molecule has 1 amide bonds. The summed E-state index contributed by atoms with van der Waals surface area (Å²) in [5, 5.41) is 9.94. The molecule has 2 aromatic rings. The van der Waals surface area contributed by atoms with Crippen molar-refractivity contribution in [3.63, 3.8) is 0 Å². The van der Waals surface area contributed by atoms with Crippen molar-refractivity contribution in [1.82, 2.24) is 9.47 Å². The van der Waals surface area contributed by atoms with Crippen LogP contribution in [-0.4, -0.2) is 45.0 Å². The number of hydrogen-bond donors (Lipinski definition) is 0. The van der Waals surface area contributed by atoms with Gasteiger partial charge in [0.05, 0.1) is 23.2 Å². The molecule has 3 heterocycles. The molecule has 2 saturated heterocycles. The molecule has 0 saturated carbocycles. The SMILES string of the molecule is CCCCn1c(N2CC(C)OC(C)C2)c(C=C2SC(=S)N(C(C)c3ccccc3)C2=O)c(C)c(C#N)c1=O. The molecule has 0 spiro atoms. The zero-order chi connectivity index (χ0) is 27.6. The molecular weight excluding hydrogens is 516 g/mol. The Bertz CT molecular complexity index is 1350. The van der Waals surface area contributed by atoms with Crippen LogP contribution in [0.15, 0.2) is 40.0 Å². The summed E-state index contributed by atoms with van der Waals surface area (Å²) in [6, 6.07) is 11.7. The summed E-state index contributed by atoms with van der Waals surface area (Å²) in [6.45, 7) is 11.6. The van der Waals surface area contributed by atoms with Gasteiger partial charge in [-0.05, 0) is 51.3 Å². The van der Waals surface area contributed by atoms with Crippen molar-refractivity contribution in [3.05, 3.63) is 67.8 Å². The molecule has 3 atom stereocenters. The zero-order valence-electron chi connectivity index (χ0n) is 22.6. The normalized spacial score (nSPS) is 21.7. The Kier molecular flexibility index (Phi) is 8.76. The van der Waals surface area contributed by atoms with Crippen LogP contribution in [0.5, 0.6) is 0 Å². The number of nitriles is 1. The summed E-state index contributed by atoms with van der Waals surface area (Å²) < 4.78 is 8.18. The number of nitrogens with zero attached hydrogens (tertiary/aromatic N) is 4. The van der Waals surface area contributed by atoms with Gasteiger partial charge in [-0.1, -0.05) is 67.7 Å². The van der Waals surface area contributed by atoms with E-state index in [9.17, 15) is 14.9 Å². The zero-order valence-corrected chi connectivity index (χ0v) is 24.2. The van der Waals surface area contributed by atoms with Crippen molar-refractivity contribution in [2.45, 2.75) is 72.3 Å². The third kappa shape index (κ3) is 5.44. The highest BCUT2D eigenvalue weighted by Crippen LogP contribution is 2.40. The topological polar surface area (TPSA) is 78.6 Å². The fourth-order valence-corrected chi connectivity index (χ4v) is 6.59. The van der Waals surface area contributed by atoms with Crippen molar-refractivity contribution in [3.8, 4) is 6.07 Å². The Morgan fingerprint density at radius 2 is 1.87 bits per heavy atom. The van der Waals surface area contributed by atoms with Crippen molar-refractivity contribution in [2.75, 3.05) is 18.0 Å². The summed E-state index contributed by atoms with van der Waals surface area (Å²) in [7, 11) is 0. The second-order valence-corrected chi connectivity index (χ2v) is 11.6. The molecule has 2 aliphatic heterocycles. The van der Waals surface area contributed by atoms with Gasteiger partial charge in [0, 0.05) is 25.2 Å². The smallest absolute Gasteiger partial charge is 0.270 e. The fourth-order valence-electron chi connectivity index (χ4n) is 5.18. The molecule has 0 radical (unpaired) electrons. The van der Waals surface area contributed by atoms with Gasteiger partial charge in [0.25, 0.3) is 11.5 Å². The molecule has 38 heavy (non-hydrogen) atoms. The minimum atomic E-state index is -0.289. The van der Waals surface area contributed by atoms with E-state index >= 15 is 0 Å². The van der Waals surface area contributed by atoms with Gasteiger partial charge >= 0.3 is 0 Å². The van der Waals surface area contributed by atoms with Crippen LogP contribution in [0.4, 0.5) is 5.82 Å². The number of thiocarbonyl (C=S) groups is 1. The first-order chi connectivity index (χ1) is 18.2. The van der Waals surface area contributed by atoms with E-state index in [0.717, 1.165) is 24.2 Å². The first-order valence-corrected chi connectivity index (χ1v) is 14.3. The number of carbonyl (C=O) groups excluding carboxylic acids is 1. The largest absolute Gasteiger partial charge is 0.372 e. The van der Waals surface area contributed by atoms with E-state index in [-0.39, 0.29) is 35.3 Å². The lowest BCUT2D eigenvalue weighted by Crippen LogP contribution is -2.48. The molecule has 1 aromatic heterocycles. The number of amides is 1. The molecular formula is C29H34N4O3S2. The first-order valence-electron chi connectivity index (χ1n) is 13.1. The van der Waals surface area contributed by atoms with Gasteiger partial charge in [0.1, 0.15) is 21.8 Å². The average molecular weight is 551 g/mol. The minimum absolute atomic E-state index is 0.0257. The van der Waals surface area contributed by atoms with Gasteiger partial charge in [0.15, 0.2) is 0 Å². The fraction of sp³-hybridized carbons (Fsp3) is 0.448. The molecule has 4 rings (SSSR count). The third-order valence-electron chi connectivity index (χ3n) is 7.07. The van der Waals surface area contributed by atoms with Gasteiger partial charge in [-0.2, -0.15) is 5.26 Å². The van der Waals surface area contributed by atoms with E-state index < -0.39 is 0 Å². The van der Waals surface area contributed by atoms with Crippen LogP contribution in [0.2, 0.25) is 0 Å². The number of pyridine rings is 1. The van der Waals surface area contributed by atoms with Crippen LogP contribution in [-0.2, 0) is 16.1 Å². The van der Waals surface area contributed by atoms with E-state index in [0.29, 0.717) is 40.0 Å². The number of carbonyl (C=O) groups is 1. The van der Waals surface area contributed by atoms with Crippen molar-refractivity contribution in [2.24, 2.45) is 0 Å². The van der Waals surface area contributed by atoms with E-state index in [1.54, 1.807) is 16.4 Å². The molecule has 0 N–H and O–H groups in total. The predicted octanol–water partition coefficient (Wildman–Crippen LogP) is 5.40. The lowest BCUT2D eigenvalue weighted by Gasteiger charge is -2.39. The van der Waals surface area contributed by atoms with E-state index in [4.69, 9.17) is 17.0 Å². The maximum absolute atomic E-state index is 13.7. The Morgan fingerprint density at radius 3 is 2.47 bits per heavy atom. The molecule has 9 heteroatoms. The van der Waals surface area contributed by atoms with Crippen LogP contribution < -0.4 is 10.5 Å².